The van der Waals surface area contributed by atoms with Gasteiger partial charge in [-0.25, -0.2) is 9.97 Å². The number of anilines is 1. The van der Waals surface area contributed by atoms with Crippen LogP contribution in [-0.4, -0.2) is 23.6 Å². The van der Waals surface area contributed by atoms with E-state index in [0.29, 0.717) is 6.61 Å². The number of aromatic nitrogens is 2. The summed E-state index contributed by atoms with van der Waals surface area (Å²) < 4.78 is 5.62. The Labute approximate surface area is 107 Å². The molecule has 0 spiro atoms. The highest BCUT2D eigenvalue weighted by Crippen LogP contribution is 2.29. The smallest absolute Gasteiger partial charge is 0.130 e. The molecule has 0 saturated carbocycles. The molecule has 0 radical (unpaired) electrons. The zero-order chi connectivity index (χ0) is 13.0. The molecule has 0 amide bonds. The van der Waals surface area contributed by atoms with Crippen LogP contribution in [0.1, 0.15) is 12.7 Å². The molecular weight excluding hydrogens is 226 g/mol. The van der Waals surface area contributed by atoms with E-state index in [2.05, 4.69) is 15.3 Å². The first kappa shape index (κ1) is 12.4. The van der Waals surface area contributed by atoms with Gasteiger partial charge in [-0.1, -0.05) is 12.1 Å². The van der Waals surface area contributed by atoms with Crippen molar-refractivity contribution in [2.24, 2.45) is 0 Å². The SMILES string of the molecule is CCOc1ccccc1-c1cc(NC)nc(C)n1. The van der Waals surface area contributed by atoms with Gasteiger partial charge in [0.25, 0.3) is 0 Å². The molecule has 1 aromatic heterocycles. The summed E-state index contributed by atoms with van der Waals surface area (Å²) >= 11 is 0. The summed E-state index contributed by atoms with van der Waals surface area (Å²) in [4.78, 5) is 8.75. The number of ether oxygens (including phenoxy) is 1. The van der Waals surface area contributed by atoms with Gasteiger partial charge in [0.1, 0.15) is 17.4 Å². The molecule has 1 aromatic carbocycles. The van der Waals surface area contributed by atoms with Crippen molar-refractivity contribution < 1.29 is 4.74 Å². The molecular formula is C14H17N3O. The maximum atomic E-state index is 5.62. The molecule has 2 rings (SSSR count). The number of para-hydroxylation sites is 1. The third-order valence-corrected chi connectivity index (χ3v) is 2.56. The number of nitrogens with one attached hydrogen (secondary N) is 1. The first-order valence-corrected chi connectivity index (χ1v) is 6.00. The minimum atomic E-state index is 0.639. The van der Waals surface area contributed by atoms with Gasteiger partial charge in [-0.05, 0) is 26.0 Å². The van der Waals surface area contributed by atoms with E-state index in [1.165, 1.54) is 0 Å². The van der Waals surface area contributed by atoms with Gasteiger partial charge in [-0.15, -0.1) is 0 Å². The number of nitrogens with zero attached hydrogens (tertiary/aromatic N) is 2. The average molecular weight is 243 g/mol. The Morgan fingerprint density at radius 3 is 2.72 bits per heavy atom. The summed E-state index contributed by atoms with van der Waals surface area (Å²) in [6.45, 7) is 4.49. The number of benzene rings is 1. The molecule has 4 nitrogen and oxygen atoms in total. The third kappa shape index (κ3) is 2.59. The Kier molecular flexibility index (Phi) is 3.77. The van der Waals surface area contributed by atoms with Crippen LogP contribution in [0.5, 0.6) is 5.75 Å². The van der Waals surface area contributed by atoms with E-state index in [9.17, 15) is 0 Å². The topological polar surface area (TPSA) is 47.0 Å². The second-order valence-electron chi connectivity index (χ2n) is 3.86. The molecule has 0 aliphatic heterocycles. The Morgan fingerprint density at radius 2 is 2.00 bits per heavy atom. The summed E-state index contributed by atoms with van der Waals surface area (Å²) in [5.41, 5.74) is 1.86. The van der Waals surface area contributed by atoms with Crippen LogP contribution in [0.25, 0.3) is 11.3 Å². The van der Waals surface area contributed by atoms with E-state index in [4.69, 9.17) is 4.74 Å². The lowest BCUT2D eigenvalue weighted by molar-refractivity contribution is 0.341. The molecule has 0 aliphatic rings. The van der Waals surface area contributed by atoms with E-state index < -0.39 is 0 Å². The fourth-order valence-electron chi connectivity index (χ4n) is 1.79. The molecule has 0 aliphatic carbocycles. The Balaban J connectivity index is 2.50. The summed E-state index contributed by atoms with van der Waals surface area (Å²) in [7, 11) is 1.85. The molecule has 4 heteroatoms. The van der Waals surface area contributed by atoms with Gasteiger partial charge >= 0.3 is 0 Å². The fourth-order valence-corrected chi connectivity index (χ4v) is 1.79. The van der Waals surface area contributed by atoms with Crippen molar-refractivity contribution in [2.45, 2.75) is 13.8 Å². The van der Waals surface area contributed by atoms with Crippen molar-refractivity contribution in [3.8, 4) is 17.0 Å². The van der Waals surface area contributed by atoms with Crippen LogP contribution in [0.4, 0.5) is 5.82 Å². The van der Waals surface area contributed by atoms with Gasteiger partial charge in [0.2, 0.25) is 0 Å². The van der Waals surface area contributed by atoms with Gasteiger partial charge in [0.05, 0.1) is 12.3 Å². The summed E-state index contributed by atoms with van der Waals surface area (Å²) in [5.74, 6) is 2.40. The van der Waals surface area contributed by atoms with Gasteiger partial charge in [-0.2, -0.15) is 0 Å². The predicted molar refractivity (Wildman–Crippen MR) is 72.9 cm³/mol. The van der Waals surface area contributed by atoms with Crippen molar-refractivity contribution in [2.75, 3.05) is 19.0 Å². The lowest BCUT2D eigenvalue weighted by atomic mass is 10.1. The van der Waals surface area contributed by atoms with Crippen LogP contribution in [0.3, 0.4) is 0 Å². The average Bonchev–Trinajstić information content (AvgIpc) is 2.39. The molecule has 2 aromatic rings. The van der Waals surface area contributed by atoms with Crippen molar-refractivity contribution in [3.05, 3.63) is 36.2 Å². The molecule has 1 heterocycles. The second kappa shape index (κ2) is 5.49. The Morgan fingerprint density at radius 1 is 1.22 bits per heavy atom. The fraction of sp³-hybridized carbons (Fsp3) is 0.286. The summed E-state index contributed by atoms with van der Waals surface area (Å²) in [6.07, 6.45) is 0. The maximum absolute atomic E-state index is 5.62. The Bertz CT molecular complexity index is 540. The molecule has 0 bridgehead atoms. The number of hydrogen-bond donors (Lipinski definition) is 1. The predicted octanol–water partition coefficient (Wildman–Crippen LogP) is 2.89. The van der Waals surface area contributed by atoms with Crippen molar-refractivity contribution in [1.82, 2.24) is 9.97 Å². The largest absolute Gasteiger partial charge is 0.493 e. The van der Waals surface area contributed by atoms with E-state index in [1.807, 2.05) is 51.2 Å². The number of aryl methyl sites for hydroxylation is 1. The minimum Gasteiger partial charge on any atom is -0.493 e. The molecule has 1 N–H and O–H groups in total. The van der Waals surface area contributed by atoms with E-state index in [-0.39, 0.29) is 0 Å². The maximum Gasteiger partial charge on any atom is 0.130 e. The molecule has 18 heavy (non-hydrogen) atoms. The zero-order valence-corrected chi connectivity index (χ0v) is 10.9. The van der Waals surface area contributed by atoms with Crippen LogP contribution >= 0.6 is 0 Å². The van der Waals surface area contributed by atoms with E-state index in [1.54, 1.807) is 0 Å². The third-order valence-electron chi connectivity index (χ3n) is 2.56. The molecule has 94 valence electrons. The van der Waals surface area contributed by atoms with Gasteiger partial charge in [0.15, 0.2) is 0 Å². The molecule has 0 atom stereocenters. The highest BCUT2D eigenvalue weighted by Gasteiger charge is 2.08. The summed E-state index contributed by atoms with van der Waals surface area (Å²) in [6, 6.07) is 9.82. The summed E-state index contributed by atoms with van der Waals surface area (Å²) in [5, 5.41) is 3.04. The monoisotopic (exact) mass is 243 g/mol. The lowest BCUT2D eigenvalue weighted by Gasteiger charge is -2.10. The second-order valence-corrected chi connectivity index (χ2v) is 3.86. The highest BCUT2D eigenvalue weighted by molar-refractivity contribution is 5.69. The normalized spacial score (nSPS) is 10.2. The number of rotatable bonds is 4. The lowest BCUT2D eigenvalue weighted by Crippen LogP contribution is -2.00. The molecule has 0 fully saturated rings. The van der Waals surface area contributed by atoms with Crippen LogP contribution in [0.2, 0.25) is 0 Å². The van der Waals surface area contributed by atoms with Crippen LogP contribution in [0, 0.1) is 6.92 Å². The molecule has 0 saturated heterocycles. The number of hydrogen-bond acceptors (Lipinski definition) is 4. The molecule has 0 unspecified atom stereocenters. The first-order chi connectivity index (χ1) is 8.74. The zero-order valence-electron chi connectivity index (χ0n) is 10.9. The van der Waals surface area contributed by atoms with Crippen molar-refractivity contribution in [1.29, 1.82) is 0 Å². The van der Waals surface area contributed by atoms with Crippen LogP contribution in [0.15, 0.2) is 30.3 Å². The van der Waals surface area contributed by atoms with Crippen molar-refractivity contribution >= 4 is 5.82 Å². The van der Waals surface area contributed by atoms with Gasteiger partial charge < -0.3 is 10.1 Å². The van der Waals surface area contributed by atoms with Crippen LogP contribution in [-0.2, 0) is 0 Å². The van der Waals surface area contributed by atoms with E-state index >= 15 is 0 Å². The Hall–Kier alpha value is -2.10. The van der Waals surface area contributed by atoms with Gasteiger partial charge in [-0.3, -0.25) is 0 Å². The highest BCUT2D eigenvalue weighted by atomic mass is 16.5. The van der Waals surface area contributed by atoms with Gasteiger partial charge in [0, 0.05) is 18.7 Å². The first-order valence-electron chi connectivity index (χ1n) is 6.00. The standard InChI is InChI=1S/C14H17N3O/c1-4-18-13-8-6-5-7-11(13)12-9-14(15-3)17-10(2)16-12/h5-9H,4H2,1-3H3,(H,15,16,17). The van der Waals surface area contributed by atoms with E-state index in [0.717, 1.165) is 28.6 Å². The van der Waals surface area contributed by atoms with Crippen molar-refractivity contribution in [3.63, 3.8) is 0 Å². The quantitative estimate of drug-likeness (QED) is 0.897. The minimum absolute atomic E-state index is 0.639. The van der Waals surface area contributed by atoms with Crippen LogP contribution < -0.4 is 10.1 Å².